The van der Waals surface area contributed by atoms with Gasteiger partial charge in [-0.25, -0.2) is 18.2 Å². The minimum Gasteiger partial charge on any atom is -0.492 e. The lowest BCUT2D eigenvalue weighted by molar-refractivity contribution is 0.253. The molecule has 1 aliphatic rings. The number of imidazole rings is 1. The highest BCUT2D eigenvalue weighted by Crippen LogP contribution is 2.36. The van der Waals surface area contributed by atoms with Crippen LogP contribution in [0.15, 0.2) is 48.5 Å². The summed E-state index contributed by atoms with van der Waals surface area (Å²) in [6.45, 7) is 0.655. The molecule has 1 heterocycles. The third-order valence-corrected chi connectivity index (χ3v) is 6.65. The van der Waals surface area contributed by atoms with Crippen LogP contribution < -0.4 is 4.74 Å². The maximum absolute atomic E-state index is 14.3. The van der Waals surface area contributed by atoms with Crippen molar-refractivity contribution in [2.24, 2.45) is 5.92 Å². The molecule has 3 aromatic carbocycles. The Bertz CT molecular complexity index is 1450. The lowest BCUT2D eigenvalue weighted by atomic mass is 10.1. The van der Waals surface area contributed by atoms with Gasteiger partial charge < -0.3 is 9.30 Å². The van der Waals surface area contributed by atoms with Crippen molar-refractivity contribution in [3.05, 3.63) is 82.1 Å². The molecule has 35 heavy (non-hydrogen) atoms. The molecule has 0 spiro atoms. The molecule has 0 amide bonds. The molecule has 8 heteroatoms. The molecule has 1 fully saturated rings. The standard InChI is InChI=1S/C27H21ClF3N3O/c28-19-7-8-20(26(10-19)35-15-16-3-1-2-4-16)27-33-24-11-22(30)23(31)12-25(24)34(27)14-17-5-6-18(13-32)21(29)9-17/h5-12,16H,1-4,14-15H2. The predicted octanol–water partition coefficient (Wildman–Crippen LogP) is 7.26. The zero-order valence-electron chi connectivity index (χ0n) is 18.7. The SMILES string of the molecule is N#Cc1ccc(Cn2c(-c3ccc(Cl)cc3OCC3CCCC3)nc3cc(F)c(F)cc32)cc1F. The Morgan fingerprint density at radius 1 is 1.00 bits per heavy atom. The van der Waals surface area contributed by atoms with Crippen LogP contribution in [0.25, 0.3) is 22.4 Å². The number of hydrogen-bond donors (Lipinski definition) is 0. The summed E-state index contributed by atoms with van der Waals surface area (Å²) < 4.78 is 50.4. The van der Waals surface area contributed by atoms with Gasteiger partial charge in [0.05, 0.1) is 28.8 Å². The first-order valence-corrected chi connectivity index (χ1v) is 11.8. The van der Waals surface area contributed by atoms with E-state index in [4.69, 9.17) is 21.6 Å². The number of hydrogen-bond acceptors (Lipinski definition) is 3. The molecule has 0 radical (unpaired) electrons. The van der Waals surface area contributed by atoms with E-state index in [0.29, 0.717) is 45.8 Å². The van der Waals surface area contributed by atoms with Crippen molar-refractivity contribution in [3.63, 3.8) is 0 Å². The van der Waals surface area contributed by atoms with Gasteiger partial charge in [-0.3, -0.25) is 0 Å². The summed E-state index contributed by atoms with van der Waals surface area (Å²) in [5.41, 5.74) is 1.68. The number of ether oxygens (including phenoxy) is 1. The van der Waals surface area contributed by atoms with Crippen molar-refractivity contribution >= 4 is 22.6 Å². The van der Waals surface area contributed by atoms with Crippen molar-refractivity contribution in [2.45, 2.75) is 32.2 Å². The highest BCUT2D eigenvalue weighted by molar-refractivity contribution is 6.30. The summed E-state index contributed by atoms with van der Waals surface area (Å²) in [5.74, 6) is -1.27. The van der Waals surface area contributed by atoms with Crippen molar-refractivity contribution in [3.8, 4) is 23.2 Å². The number of nitrogens with zero attached hydrogens (tertiary/aromatic N) is 3. The van der Waals surface area contributed by atoms with Crippen LogP contribution in [0.4, 0.5) is 13.2 Å². The van der Waals surface area contributed by atoms with Crippen molar-refractivity contribution in [1.82, 2.24) is 9.55 Å². The van der Waals surface area contributed by atoms with Gasteiger partial charge in [-0.15, -0.1) is 0 Å². The number of fused-ring (bicyclic) bond motifs is 1. The molecule has 4 aromatic rings. The quantitative estimate of drug-likeness (QED) is 0.283. The minimum atomic E-state index is -1.01. The summed E-state index contributed by atoms with van der Waals surface area (Å²) in [7, 11) is 0. The number of rotatable bonds is 6. The first kappa shape index (κ1) is 23.3. The number of benzene rings is 3. The van der Waals surface area contributed by atoms with Crippen LogP contribution >= 0.6 is 11.6 Å². The van der Waals surface area contributed by atoms with E-state index in [2.05, 4.69) is 4.98 Å². The van der Waals surface area contributed by atoms with Crippen molar-refractivity contribution < 1.29 is 17.9 Å². The van der Waals surface area contributed by atoms with Gasteiger partial charge in [0.1, 0.15) is 23.5 Å². The van der Waals surface area contributed by atoms with Crippen LogP contribution in [0, 0.1) is 34.7 Å². The number of halogens is 4. The van der Waals surface area contributed by atoms with Crippen LogP contribution in [0.2, 0.25) is 5.02 Å². The second-order valence-electron chi connectivity index (χ2n) is 8.80. The summed E-state index contributed by atoms with van der Waals surface area (Å²) in [5, 5.41) is 9.52. The summed E-state index contributed by atoms with van der Waals surface area (Å²) in [6, 6.07) is 13.4. The van der Waals surface area contributed by atoms with Crippen LogP contribution in [-0.4, -0.2) is 16.2 Å². The van der Waals surface area contributed by atoms with E-state index in [1.807, 2.05) is 0 Å². The monoisotopic (exact) mass is 495 g/mol. The Labute approximate surface area is 205 Å². The third-order valence-electron chi connectivity index (χ3n) is 6.42. The van der Waals surface area contributed by atoms with E-state index in [-0.39, 0.29) is 17.6 Å². The number of aromatic nitrogens is 2. The average Bonchev–Trinajstić information content (AvgIpc) is 3.47. The third kappa shape index (κ3) is 4.71. The normalized spacial score (nSPS) is 13.9. The Morgan fingerprint density at radius 2 is 1.77 bits per heavy atom. The van der Waals surface area contributed by atoms with Gasteiger partial charge >= 0.3 is 0 Å². The fraction of sp³-hybridized carbons (Fsp3) is 0.259. The second kappa shape index (κ2) is 9.63. The van der Waals surface area contributed by atoms with Gasteiger partial charge in [0.25, 0.3) is 0 Å². The molecule has 5 rings (SSSR count). The smallest absolute Gasteiger partial charge is 0.161 e. The molecule has 0 bridgehead atoms. The predicted molar refractivity (Wildman–Crippen MR) is 128 cm³/mol. The van der Waals surface area contributed by atoms with Gasteiger partial charge in [0.2, 0.25) is 0 Å². The van der Waals surface area contributed by atoms with Gasteiger partial charge in [-0.05, 0) is 54.7 Å². The first-order valence-electron chi connectivity index (χ1n) is 11.4. The second-order valence-corrected chi connectivity index (χ2v) is 9.24. The van der Waals surface area contributed by atoms with Crippen molar-refractivity contribution in [2.75, 3.05) is 6.61 Å². The fourth-order valence-corrected chi connectivity index (χ4v) is 4.76. The minimum absolute atomic E-state index is 0.0714. The Balaban J connectivity index is 1.62. The number of nitriles is 1. The van der Waals surface area contributed by atoms with E-state index in [0.717, 1.165) is 25.0 Å². The molecule has 0 atom stereocenters. The molecule has 178 valence electrons. The van der Waals surface area contributed by atoms with E-state index in [9.17, 15) is 13.2 Å². The van der Waals surface area contributed by atoms with Crippen LogP contribution in [0.3, 0.4) is 0 Å². The topological polar surface area (TPSA) is 50.8 Å². The summed E-state index contributed by atoms with van der Waals surface area (Å²) >= 11 is 6.26. The molecule has 0 saturated heterocycles. The highest BCUT2D eigenvalue weighted by Gasteiger charge is 2.21. The molecule has 1 aromatic heterocycles. The zero-order valence-corrected chi connectivity index (χ0v) is 19.5. The lowest BCUT2D eigenvalue weighted by Crippen LogP contribution is -2.10. The average molecular weight is 496 g/mol. The van der Waals surface area contributed by atoms with Crippen molar-refractivity contribution in [1.29, 1.82) is 5.26 Å². The Hall–Kier alpha value is -3.50. The summed E-state index contributed by atoms with van der Waals surface area (Å²) in [6.07, 6.45) is 4.59. The van der Waals surface area contributed by atoms with E-state index < -0.39 is 17.5 Å². The molecule has 0 aliphatic heterocycles. The lowest BCUT2D eigenvalue weighted by Gasteiger charge is -2.16. The largest absolute Gasteiger partial charge is 0.492 e. The van der Waals surface area contributed by atoms with E-state index in [1.165, 1.54) is 25.0 Å². The zero-order chi connectivity index (χ0) is 24.5. The van der Waals surface area contributed by atoms with Gasteiger partial charge in [0, 0.05) is 23.7 Å². The molecule has 0 N–H and O–H groups in total. The van der Waals surface area contributed by atoms with Crippen LogP contribution in [0.1, 0.15) is 36.8 Å². The molecule has 1 aliphatic carbocycles. The molecule has 1 saturated carbocycles. The maximum atomic E-state index is 14.3. The molecular formula is C27H21ClF3N3O. The maximum Gasteiger partial charge on any atom is 0.161 e. The van der Waals surface area contributed by atoms with Gasteiger partial charge in [0.15, 0.2) is 11.6 Å². The highest BCUT2D eigenvalue weighted by atomic mass is 35.5. The van der Waals surface area contributed by atoms with E-state index in [1.54, 1.807) is 34.9 Å². The first-order chi connectivity index (χ1) is 16.9. The fourth-order valence-electron chi connectivity index (χ4n) is 4.60. The molecular weight excluding hydrogens is 475 g/mol. The molecule has 4 nitrogen and oxygen atoms in total. The van der Waals surface area contributed by atoms with Gasteiger partial charge in [-0.2, -0.15) is 5.26 Å². The van der Waals surface area contributed by atoms with Gasteiger partial charge in [-0.1, -0.05) is 30.5 Å². The van der Waals surface area contributed by atoms with Crippen LogP contribution in [-0.2, 0) is 6.54 Å². The summed E-state index contributed by atoms with van der Waals surface area (Å²) in [4.78, 5) is 4.59. The van der Waals surface area contributed by atoms with Crippen LogP contribution in [0.5, 0.6) is 5.75 Å². The van der Waals surface area contributed by atoms with E-state index >= 15 is 0 Å². The Morgan fingerprint density at radius 3 is 2.51 bits per heavy atom. The molecule has 0 unspecified atom stereocenters. The Kier molecular flexibility index (Phi) is 6.40.